The second-order valence-corrected chi connectivity index (χ2v) is 5.69. The van der Waals surface area contributed by atoms with E-state index < -0.39 is 17.5 Å². The molecule has 1 aliphatic carbocycles. The lowest BCUT2D eigenvalue weighted by atomic mass is 9.76. The smallest absolute Gasteiger partial charge is 0.182 e. The minimum atomic E-state index is -1.18. The van der Waals surface area contributed by atoms with Gasteiger partial charge in [0.2, 0.25) is 0 Å². The molecular weight excluding hydrogens is 299 g/mol. The number of hydrogen-bond acceptors (Lipinski definition) is 1. The number of anilines is 1. The summed E-state index contributed by atoms with van der Waals surface area (Å²) in [7, 11) is 0. The van der Waals surface area contributed by atoms with Crippen molar-refractivity contribution < 1.29 is 13.2 Å². The molecule has 1 aliphatic rings. The highest BCUT2D eigenvalue weighted by atomic mass is 35.5. The zero-order valence-electron chi connectivity index (χ0n) is 11.0. The van der Waals surface area contributed by atoms with Crippen LogP contribution in [0.3, 0.4) is 0 Å². The molecule has 0 amide bonds. The first-order chi connectivity index (χ1) is 10.0. The Labute approximate surface area is 125 Å². The predicted octanol–water partition coefficient (Wildman–Crippen LogP) is 5.12. The summed E-state index contributed by atoms with van der Waals surface area (Å²) in [5, 5.41) is 3.56. The minimum Gasteiger partial charge on any atom is -0.380 e. The Morgan fingerprint density at radius 3 is 2.48 bits per heavy atom. The summed E-state index contributed by atoms with van der Waals surface area (Å²) in [6, 6.07) is 9.08. The van der Waals surface area contributed by atoms with Crippen molar-refractivity contribution in [3.63, 3.8) is 0 Å². The molecular formula is C16H13ClF3N. The Hall–Kier alpha value is -1.68. The molecule has 0 unspecified atom stereocenters. The van der Waals surface area contributed by atoms with Crippen molar-refractivity contribution in [2.45, 2.75) is 24.8 Å². The highest BCUT2D eigenvalue weighted by molar-refractivity contribution is 6.31. The van der Waals surface area contributed by atoms with Crippen molar-refractivity contribution in [1.29, 1.82) is 0 Å². The molecule has 1 saturated carbocycles. The zero-order valence-corrected chi connectivity index (χ0v) is 11.8. The van der Waals surface area contributed by atoms with E-state index in [9.17, 15) is 13.2 Å². The van der Waals surface area contributed by atoms with Crippen LogP contribution < -0.4 is 5.32 Å². The molecule has 1 N–H and O–H groups in total. The molecule has 0 heterocycles. The number of benzene rings is 2. The van der Waals surface area contributed by atoms with Crippen molar-refractivity contribution in [1.82, 2.24) is 0 Å². The van der Waals surface area contributed by atoms with Gasteiger partial charge >= 0.3 is 0 Å². The van der Waals surface area contributed by atoms with E-state index in [4.69, 9.17) is 11.6 Å². The lowest BCUT2D eigenvalue weighted by Gasteiger charge is -2.37. The fraction of sp³-hybridized carbons (Fsp3) is 0.250. The number of nitrogens with one attached hydrogen (secondary N) is 1. The third-order valence-electron chi connectivity index (χ3n) is 3.84. The fourth-order valence-electron chi connectivity index (χ4n) is 2.68. The van der Waals surface area contributed by atoms with Crippen molar-refractivity contribution in [2.75, 3.05) is 5.32 Å². The quantitative estimate of drug-likeness (QED) is 0.776. The van der Waals surface area contributed by atoms with E-state index in [1.54, 1.807) is 0 Å². The molecule has 0 radical (unpaired) electrons. The Morgan fingerprint density at radius 2 is 1.76 bits per heavy atom. The van der Waals surface area contributed by atoms with Crippen LogP contribution in [0.15, 0.2) is 36.4 Å². The van der Waals surface area contributed by atoms with Crippen LogP contribution in [0, 0.1) is 17.5 Å². The van der Waals surface area contributed by atoms with Gasteiger partial charge in [-0.05, 0) is 30.4 Å². The topological polar surface area (TPSA) is 12.0 Å². The van der Waals surface area contributed by atoms with Crippen molar-refractivity contribution in [2.24, 2.45) is 0 Å². The Kier molecular flexibility index (Phi) is 3.81. The highest BCUT2D eigenvalue weighted by Gasteiger charge is 2.32. The second kappa shape index (κ2) is 5.60. The summed E-state index contributed by atoms with van der Waals surface area (Å²) < 4.78 is 39.8. The van der Waals surface area contributed by atoms with E-state index >= 15 is 0 Å². The monoisotopic (exact) mass is 311 g/mol. The first kappa shape index (κ1) is 14.3. The molecule has 2 aromatic rings. The van der Waals surface area contributed by atoms with Crippen molar-refractivity contribution in [3.05, 3.63) is 64.4 Å². The molecule has 0 bridgehead atoms. The van der Waals surface area contributed by atoms with E-state index in [2.05, 4.69) is 5.32 Å². The van der Waals surface area contributed by atoms with Crippen LogP contribution in [-0.4, -0.2) is 6.04 Å². The van der Waals surface area contributed by atoms with Gasteiger partial charge in [0.1, 0.15) is 5.82 Å². The molecule has 2 aromatic carbocycles. The van der Waals surface area contributed by atoms with E-state index in [1.165, 1.54) is 0 Å². The van der Waals surface area contributed by atoms with E-state index in [0.717, 1.165) is 24.5 Å². The predicted molar refractivity (Wildman–Crippen MR) is 77.2 cm³/mol. The second-order valence-electron chi connectivity index (χ2n) is 5.28. The molecule has 1 nitrogen and oxygen atoms in total. The maximum absolute atomic E-state index is 13.6. The number of hydrogen-bond donors (Lipinski definition) is 1. The summed E-state index contributed by atoms with van der Waals surface area (Å²) in [6.07, 6.45) is 1.50. The van der Waals surface area contributed by atoms with Crippen LogP contribution in [0.25, 0.3) is 0 Å². The third-order valence-corrected chi connectivity index (χ3v) is 4.18. The average molecular weight is 312 g/mol. The SMILES string of the molecule is Fc1cc(F)c(F)c(NC2CC(c3ccccc3Cl)C2)c1. The summed E-state index contributed by atoms with van der Waals surface area (Å²) in [5.74, 6) is -2.73. The van der Waals surface area contributed by atoms with Gasteiger partial charge in [0.05, 0.1) is 5.69 Å². The van der Waals surface area contributed by atoms with Crippen LogP contribution >= 0.6 is 11.6 Å². The number of rotatable bonds is 3. The first-order valence-electron chi connectivity index (χ1n) is 6.70. The zero-order chi connectivity index (χ0) is 15.0. The van der Waals surface area contributed by atoms with Gasteiger partial charge in [-0.1, -0.05) is 29.8 Å². The Morgan fingerprint density at radius 1 is 1.05 bits per heavy atom. The molecule has 3 rings (SSSR count). The standard InChI is InChI=1S/C16H13ClF3N/c17-13-4-2-1-3-12(13)9-5-11(6-9)21-15-8-10(18)7-14(19)16(15)20/h1-4,7-9,11,21H,5-6H2. The highest BCUT2D eigenvalue weighted by Crippen LogP contribution is 2.41. The van der Waals surface area contributed by atoms with E-state index in [-0.39, 0.29) is 17.6 Å². The number of halogens is 4. The van der Waals surface area contributed by atoms with Crippen LogP contribution in [0.5, 0.6) is 0 Å². The van der Waals surface area contributed by atoms with Crippen LogP contribution in [0.1, 0.15) is 24.3 Å². The lowest BCUT2D eigenvalue weighted by Crippen LogP contribution is -2.34. The molecule has 5 heteroatoms. The van der Waals surface area contributed by atoms with Crippen LogP contribution in [-0.2, 0) is 0 Å². The van der Waals surface area contributed by atoms with Gasteiger partial charge in [-0.15, -0.1) is 0 Å². The average Bonchev–Trinajstić information content (AvgIpc) is 2.40. The Bertz CT molecular complexity index is 669. The van der Waals surface area contributed by atoms with Gasteiger partial charge in [-0.2, -0.15) is 0 Å². The van der Waals surface area contributed by atoms with Gasteiger partial charge in [0.25, 0.3) is 0 Å². The molecule has 0 spiro atoms. The third kappa shape index (κ3) is 2.86. The molecule has 21 heavy (non-hydrogen) atoms. The summed E-state index contributed by atoms with van der Waals surface area (Å²) >= 11 is 6.13. The molecule has 0 aromatic heterocycles. The first-order valence-corrected chi connectivity index (χ1v) is 7.08. The van der Waals surface area contributed by atoms with Gasteiger partial charge in [-0.25, -0.2) is 13.2 Å². The van der Waals surface area contributed by atoms with Crippen LogP contribution in [0.2, 0.25) is 5.02 Å². The maximum Gasteiger partial charge on any atom is 0.182 e. The van der Waals surface area contributed by atoms with E-state index in [0.29, 0.717) is 11.1 Å². The largest absolute Gasteiger partial charge is 0.380 e. The van der Waals surface area contributed by atoms with Crippen molar-refractivity contribution >= 4 is 17.3 Å². The maximum atomic E-state index is 13.6. The molecule has 1 fully saturated rings. The lowest BCUT2D eigenvalue weighted by molar-refractivity contribution is 0.372. The van der Waals surface area contributed by atoms with Gasteiger partial charge in [0.15, 0.2) is 11.6 Å². The van der Waals surface area contributed by atoms with Gasteiger partial charge in [-0.3, -0.25) is 0 Å². The van der Waals surface area contributed by atoms with Gasteiger partial charge in [0, 0.05) is 23.2 Å². The summed E-state index contributed by atoms with van der Waals surface area (Å²) in [5.41, 5.74) is 0.929. The summed E-state index contributed by atoms with van der Waals surface area (Å²) in [6.45, 7) is 0. The van der Waals surface area contributed by atoms with Crippen molar-refractivity contribution in [3.8, 4) is 0 Å². The van der Waals surface area contributed by atoms with Crippen LogP contribution in [0.4, 0.5) is 18.9 Å². The molecule has 0 aliphatic heterocycles. The fourth-order valence-corrected chi connectivity index (χ4v) is 2.97. The molecule has 0 atom stereocenters. The Balaban J connectivity index is 1.67. The normalized spacial score (nSPS) is 21.0. The van der Waals surface area contributed by atoms with E-state index in [1.807, 2.05) is 24.3 Å². The molecule has 0 saturated heterocycles. The van der Waals surface area contributed by atoms with Gasteiger partial charge < -0.3 is 5.32 Å². The molecule has 110 valence electrons. The summed E-state index contributed by atoms with van der Waals surface area (Å²) in [4.78, 5) is 0. The minimum absolute atomic E-state index is 0.0121.